The number of nitrogens with one attached hydrogen (secondary N) is 1. The van der Waals surface area contributed by atoms with Gasteiger partial charge >= 0.3 is 0 Å². The van der Waals surface area contributed by atoms with Crippen molar-refractivity contribution in [3.8, 4) is 0 Å². The van der Waals surface area contributed by atoms with Gasteiger partial charge in [-0.3, -0.25) is 10.0 Å². The molecule has 1 aliphatic rings. The number of hydrogen-bond acceptors (Lipinski definition) is 4. The zero-order chi connectivity index (χ0) is 24.5. The number of aryl methyl sites for hydroxylation is 1. The van der Waals surface area contributed by atoms with E-state index < -0.39 is 28.0 Å². The van der Waals surface area contributed by atoms with Gasteiger partial charge in [0.15, 0.2) is 0 Å². The average Bonchev–Trinajstić information content (AvgIpc) is 2.83. The number of nitrogens with zero attached hydrogens (tertiary/aromatic N) is 1. The highest BCUT2D eigenvalue weighted by Gasteiger charge is 2.44. The Kier molecular flexibility index (Phi) is 7.12. The maximum absolute atomic E-state index is 14.2. The van der Waals surface area contributed by atoms with Crippen molar-refractivity contribution in [3.63, 3.8) is 0 Å². The van der Waals surface area contributed by atoms with Crippen molar-refractivity contribution in [2.45, 2.75) is 30.3 Å². The molecule has 3 aromatic rings. The van der Waals surface area contributed by atoms with Crippen LogP contribution < -0.4 is 5.48 Å². The molecule has 2 N–H and O–H groups in total. The van der Waals surface area contributed by atoms with Crippen LogP contribution in [0.3, 0.4) is 0 Å². The van der Waals surface area contributed by atoms with E-state index in [-0.39, 0.29) is 16.9 Å². The van der Waals surface area contributed by atoms with E-state index in [1.807, 2.05) is 0 Å². The van der Waals surface area contributed by atoms with E-state index in [1.54, 1.807) is 91.3 Å². The zero-order valence-corrected chi connectivity index (χ0v) is 20.5. The van der Waals surface area contributed by atoms with Crippen LogP contribution in [-0.4, -0.2) is 23.8 Å². The zero-order valence-electron chi connectivity index (χ0n) is 18.2. The summed E-state index contributed by atoms with van der Waals surface area (Å²) in [5, 5.41) is 10.3. The van der Waals surface area contributed by atoms with Crippen LogP contribution in [0.1, 0.15) is 35.2 Å². The number of benzene rings is 3. The highest BCUT2D eigenvalue weighted by atomic mass is 35.5. The fraction of sp³-hybridized carbons (Fsp3) is 0.160. The SMILES string of the molecule is Cc1ccccc1S(=O)(=O)N1C(c2ccc(Cl)cc2)CC=C(C(=O)NO)[C@@H]1c1cccc(Cl)c1. The van der Waals surface area contributed by atoms with Crippen LogP contribution in [0.5, 0.6) is 0 Å². The molecule has 2 atom stereocenters. The standard InChI is InChI=1S/C25H22Cl2N2O4S/c1-16-5-2-3-8-23(16)34(32,33)29-22(17-9-11-19(26)12-10-17)14-13-21(25(30)28-31)24(29)18-6-4-7-20(27)15-18/h2-13,15,22,24,31H,14H2,1H3,(H,28,30)/t22?,24-/m0/s1. The molecule has 0 aliphatic carbocycles. The maximum Gasteiger partial charge on any atom is 0.272 e. The molecule has 1 amide bonds. The van der Waals surface area contributed by atoms with E-state index in [4.69, 9.17) is 23.2 Å². The molecule has 0 fully saturated rings. The molecule has 4 rings (SSSR count). The van der Waals surface area contributed by atoms with E-state index in [9.17, 15) is 18.4 Å². The molecule has 34 heavy (non-hydrogen) atoms. The number of halogens is 2. The summed E-state index contributed by atoms with van der Waals surface area (Å²) in [5.41, 5.74) is 3.55. The predicted molar refractivity (Wildman–Crippen MR) is 131 cm³/mol. The van der Waals surface area contributed by atoms with Gasteiger partial charge in [0.05, 0.1) is 17.0 Å². The Labute approximate surface area is 208 Å². The van der Waals surface area contributed by atoms with E-state index in [0.29, 0.717) is 26.7 Å². The van der Waals surface area contributed by atoms with Gasteiger partial charge in [-0.25, -0.2) is 13.9 Å². The minimum absolute atomic E-state index is 0.104. The van der Waals surface area contributed by atoms with E-state index in [0.717, 1.165) is 0 Å². The largest absolute Gasteiger partial charge is 0.288 e. The Morgan fingerprint density at radius 2 is 1.68 bits per heavy atom. The summed E-state index contributed by atoms with van der Waals surface area (Å²) in [7, 11) is -4.13. The molecular weight excluding hydrogens is 495 g/mol. The van der Waals surface area contributed by atoms with Crippen molar-refractivity contribution in [2.24, 2.45) is 0 Å². The molecular formula is C25H22Cl2N2O4S. The van der Waals surface area contributed by atoms with Crippen molar-refractivity contribution in [1.29, 1.82) is 0 Å². The highest BCUT2D eigenvalue weighted by Crippen LogP contribution is 2.46. The van der Waals surface area contributed by atoms with E-state index in [1.165, 1.54) is 4.31 Å². The van der Waals surface area contributed by atoms with E-state index in [2.05, 4.69) is 0 Å². The third-order valence-electron chi connectivity index (χ3n) is 5.85. The monoisotopic (exact) mass is 516 g/mol. The minimum Gasteiger partial charge on any atom is -0.288 e. The van der Waals surface area contributed by atoms with Crippen LogP contribution in [0.25, 0.3) is 0 Å². The smallest absolute Gasteiger partial charge is 0.272 e. The van der Waals surface area contributed by atoms with Gasteiger partial charge in [-0.1, -0.05) is 71.7 Å². The number of hydroxylamine groups is 1. The molecule has 1 unspecified atom stereocenters. The molecule has 1 aliphatic heterocycles. The fourth-order valence-corrected chi connectivity index (χ4v) is 6.62. The first kappa shape index (κ1) is 24.4. The number of rotatable bonds is 5. The summed E-state index contributed by atoms with van der Waals surface area (Å²) in [4.78, 5) is 12.8. The molecule has 0 saturated carbocycles. The van der Waals surface area contributed by atoms with Gasteiger partial charge in [-0.05, 0) is 60.4 Å². The molecule has 0 saturated heterocycles. The highest BCUT2D eigenvalue weighted by molar-refractivity contribution is 7.89. The van der Waals surface area contributed by atoms with Gasteiger partial charge in [0, 0.05) is 15.6 Å². The van der Waals surface area contributed by atoms with Crippen molar-refractivity contribution in [1.82, 2.24) is 9.79 Å². The van der Waals surface area contributed by atoms with Crippen molar-refractivity contribution in [3.05, 3.63) is 111 Å². The number of carbonyl (C=O) groups is 1. The van der Waals surface area contributed by atoms with Crippen LogP contribution in [-0.2, 0) is 14.8 Å². The lowest BCUT2D eigenvalue weighted by Gasteiger charge is -2.41. The first-order valence-electron chi connectivity index (χ1n) is 10.5. The number of amides is 1. The van der Waals surface area contributed by atoms with Gasteiger partial charge in [-0.15, -0.1) is 0 Å². The normalized spacial score (nSPS) is 18.9. The molecule has 0 spiro atoms. The average molecular weight is 517 g/mol. The molecule has 9 heteroatoms. The second-order valence-corrected chi connectivity index (χ2v) is 10.6. The van der Waals surface area contributed by atoms with Gasteiger partial charge < -0.3 is 0 Å². The summed E-state index contributed by atoms with van der Waals surface area (Å²) >= 11 is 12.3. The lowest BCUT2D eigenvalue weighted by Crippen LogP contribution is -2.44. The van der Waals surface area contributed by atoms with Crippen molar-refractivity contribution in [2.75, 3.05) is 0 Å². The van der Waals surface area contributed by atoms with Gasteiger partial charge in [0.1, 0.15) is 0 Å². The molecule has 0 radical (unpaired) electrons. The summed E-state index contributed by atoms with van der Waals surface area (Å²) in [6.07, 6.45) is 1.87. The predicted octanol–water partition coefficient (Wildman–Crippen LogP) is 5.61. The topological polar surface area (TPSA) is 86.7 Å². The lowest BCUT2D eigenvalue weighted by molar-refractivity contribution is -0.126. The number of carbonyl (C=O) groups excluding carboxylic acids is 1. The molecule has 1 heterocycles. The summed E-state index contributed by atoms with van der Waals surface area (Å²) in [5.74, 6) is -0.787. The van der Waals surface area contributed by atoms with Crippen LogP contribution in [0.4, 0.5) is 0 Å². The summed E-state index contributed by atoms with van der Waals surface area (Å²) in [6, 6.07) is 18.6. The lowest BCUT2D eigenvalue weighted by atomic mass is 9.89. The number of hydrogen-bond donors (Lipinski definition) is 2. The Morgan fingerprint density at radius 3 is 2.32 bits per heavy atom. The van der Waals surface area contributed by atoms with Crippen LogP contribution >= 0.6 is 23.2 Å². The molecule has 0 aromatic heterocycles. The third kappa shape index (κ3) is 4.62. The fourth-order valence-electron chi connectivity index (χ4n) is 4.29. The second-order valence-electron chi connectivity index (χ2n) is 7.96. The Hall–Kier alpha value is -2.68. The van der Waals surface area contributed by atoms with Crippen LogP contribution in [0.2, 0.25) is 10.0 Å². The summed E-state index contributed by atoms with van der Waals surface area (Å²) in [6.45, 7) is 1.72. The Balaban J connectivity index is 2.00. The maximum atomic E-state index is 14.2. The molecule has 3 aromatic carbocycles. The van der Waals surface area contributed by atoms with Gasteiger partial charge in [-0.2, -0.15) is 4.31 Å². The summed E-state index contributed by atoms with van der Waals surface area (Å²) < 4.78 is 29.8. The first-order valence-corrected chi connectivity index (χ1v) is 12.7. The number of sulfonamides is 1. The van der Waals surface area contributed by atoms with Crippen molar-refractivity contribution >= 4 is 39.1 Å². The molecule has 176 valence electrons. The second kappa shape index (κ2) is 9.90. The van der Waals surface area contributed by atoms with Gasteiger partial charge in [0.25, 0.3) is 5.91 Å². The van der Waals surface area contributed by atoms with Crippen LogP contribution in [0.15, 0.2) is 89.3 Å². The van der Waals surface area contributed by atoms with Gasteiger partial charge in [0.2, 0.25) is 10.0 Å². The van der Waals surface area contributed by atoms with E-state index >= 15 is 0 Å². The first-order chi connectivity index (χ1) is 16.2. The Bertz CT molecular complexity index is 1360. The third-order valence-corrected chi connectivity index (χ3v) is 8.37. The van der Waals surface area contributed by atoms with Crippen LogP contribution in [0, 0.1) is 6.92 Å². The molecule has 6 nitrogen and oxygen atoms in total. The van der Waals surface area contributed by atoms with Crippen molar-refractivity contribution < 1.29 is 18.4 Å². The molecule has 0 bridgehead atoms. The quantitative estimate of drug-likeness (QED) is 0.340. The Morgan fingerprint density at radius 1 is 0.971 bits per heavy atom. The minimum atomic E-state index is -4.13.